The summed E-state index contributed by atoms with van der Waals surface area (Å²) in [6.45, 7) is 1.75. The van der Waals surface area contributed by atoms with Gasteiger partial charge in [-0.1, -0.05) is 12.1 Å². The van der Waals surface area contributed by atoms with Gasteiger partial charge in [0.1, 0.15) is 6.54 Å². The van der Waals surface area contributed by atoms with Crippen LogP contribution in [0, 0.1) is 0 Å². The molecule has 2 aromatic heterocycles. The topological polar surface area (TPSA) is 102 Å². The third kappa shape index (κ3) is 3.69. The van der Waals surface area contributed by atoms with Gasteiger partial charge in [-0.25, -0.2) is 9.67 Å². The lowest BCUT2D eigenvalue weighted by Gasteiger charge is -2.04. The molecule has 2 N–H and O–H groups in total. The van der Waals surface area contributed by atoms with Crippen molar-refractivity contribution < 1.29 is 9.59 Å². The lowest BCUT2D eigenvalue weighted by molar-refractivity contribution is -0.117. The Kier molecular flexibility index (Phi) is 4.29. The van der Waals surface area contributed by atoms with Crippen LogP contribution in [0.3, 0.4) is 0 Å². The quantitative estimate of drug-likeness (QED) is 0.743. The summed E-state index contributed by atoms with van der Waals surface area (Å²) in [6.07, 6.45) is 1.87. The van der Waals surface area contributed by atoms with Crippen molar-refractivity contribution in [3.05, 3.63) is 29.9 Å². The first-order valence-electron chi connectivity index (χ1n) is 6.97. The second kappa shape index (κ2) is 6.53. The Morgan fingerprint density at radius 2 is 2.13 bits per heavy atom. The molecule has 2 amide bonds. The molecule has 0 aliphatic carbocycles. The van der Waals surface area contributed by atoms with Gasteiger partial charge in [-0.2, -0.15) is 0 Å². The number of hydrogen-bond acceptors (Lipinski definition) is 6. The fraction of sp³-hybridized carbons (Fsp3) is 0.214. The Morgan fingerprint density at radius 3 is 2.96 bits per heavy atom. The molecule has 3 aromatic rings. The number of aromatic nitrogens is 4. The number of fused-ring (bicyclic) bond motifs is 1. The highest BCUT2D eigenvalue weighted by molar-refractivity contribution is 7.16. The average Bonchev–Trinajstić information content (AvgIpc) is 3.15. The van der Waals surface area contributed by atoms with Crippen LogP contribution in [-0.4, -0.2) is 31.8 Å². The van der Waals surface area contributed by atoms with Crippen LogP contribution in [0.2, 0.25) is 0 Å². The zero-order chi connectivity index (χ0) is 16.2. The van der Waals surface area contributed by atoms with Gasteiger partial charge in [-0.05, 0) is 18.2 Å². The highest BCUT2D eigenvalue weighted by atomic mass is 32.1. The van der Waals surface area contributed by atoms with Gasteiger partial charge in [0.25, 0.3) is 0 Å². The van der Waals surface area contributed by atoms with Crippen molar-refractivity contribution in [3.63, 3.8) is 0 Å². The zero-order valence-corrected chi connectivity index (χ0v) is 13.1. The Morgan fingerprint density at radius 1 is 1.26 bits per heavy atom. The Balaban J connectivity index is 1.61. The van der Waals surface area contributed by atoms with E-state index >= 15 is 0 Å². The van der Waals surface area contributed by atoms with E-state index in [0.717, 1.165) is 10.2 Å². The van der Waals surface area contributed by atoms with Gasteiger partial charge in [0, 0.05) is 12.1 Å². The predicted octanol–water partition coefficient (Wildman–Crippen LogP) is 1.87. The highest BCUT2D eigenvalue weighted by Gasteiger charge is 2.08. The van der Waals surface area contributed by atoms with Crippen LogP contribution in [0.4, 0.5) is 11.5 Å². The van der Waals surface area contributed by atoms with Gasteiger partial charge in [-0.3, -0.25) is 9.59 Å². The molecule has 2 heterocycles. The van der Waals surface area contributed by atoms with Gasteiger partial charge in [-0.15, -0.1) is 16.4 Å². The SMILES string of the molecule is CCC(=O)Nc1cn(CC(=O)Nc2ccc3ncsc3c2)nn1. The number of benzene rings is 1. The lowest BCUT2D eigenvalue weighted by atomic mass is 10.3. The summed E-state index contributed by atoms with van der Waals surface area (Å²) in [7, 11) is 0. The molecule has 23 heavy (non-hydrogen) atoms. The monoisotopic (exact) mass is 330 g/mol. The van der Waals surface area contributed by atoms with Crippen molar-refractivity contribution in [1.82, 2.24) is 20.0 Å². The minimum atomic E-state index is -0.230. The van der Waals surface area contributed by atoms with Crippen LogP contribution in [0.15, 0.2) is 29.9 Å². The normalized spacial score (nSPS) is 10.7. The second-order valence-electron chi connectivity index (χ2n) is 4.79. The molecule has 0 unspecified atom stereocenters. The first-order valence-corrected chi connectivity index (χ1v) is 7.85. The third-order valence-electron chi connectivity index (χ3n) is 3.05. The summed E-state index contributed by atoms with van der Waals surface area (Å²) in [6, 6.07) is 5.53. The van der Waals surface area contributed by atoms with Crippen LogP contribution in [-0.2, 0) is 16.1 Å². The highest BCUT2D eigenvalue weighted by Crippen LogP contribution is 2.21. The van der Waals surface area contributed by atoms with Crippen molar-refractivity contribution in [3.8, 4) is 0 Å². The average molecular weight is 330 g/mol. The van der Waals surface area contributed by atoms with Crippen molar-refractivity contribution in [2.75, 3.05) is 10.6 Å². The van der Waals surface area contributed by atoms with Crippen molar-refractivity contribution in [2.45, 2.75) is 19.9 Å². The maximum Gasteiger partial charge on any atom is 0.246 e. The van der Waals surface area contributed by atoms with Crippen LogP contribution in [0.5, 0.6) is 0 Å². The molecule has 8 nitrogen and oxygen atoms in total. The summed E-state index contributed by atoms with van der Waals surface area (Å²) in [5, 5.41) is 13.0. The van der Waals surface area contributed by atoms with Crippen LogP contribution < -0.4 is 10.6 Å². The summed E-state index contributed by atoms with van der Waals surface area (Å²) in [5.41, 5.74) is 3.37. The van der Waals surface area contributed by atoms with E-state index in [1.807, 2.05) is 12.1 Å². The minimum Gasteiger partial charge on any atom is -0.324 e. The summed E-state index contributed by atoms with van der Waals surface area (Å²) >= 11 is 1.51. The van der Waals surface area contributed by atoms with E-state index in [-0.39, 0.29) is 18.4 Å². The fourth-order valence-corrected chi connectivity index (χ4v) is 2.66. The van der Waals surface area contributed by atoms with Crippen LogP contribution in [0.25, 0.3) is 10.2 Å². The Hall–Kier alpha value is -2.81. The molecular weight excluding hydrogens is 316 g/mol. The maximum absolute atomic E-state index is 12.0. The smallest absolute Gasteiger partial charge is 0.246 e. The number of nitrogens with zero attached hydrogens (tertiary/aromatic N) is 4. The molecule has 1 aromatic carbocycles. The summed E-state index contributed by atoms with van der Waals surface area (Å²) < 4.78 is 2.37. The van der Waals surface area contributed by atoms with Gasteiger partial charge in [0.2, 0.25) is 11.8 Å². The van der Waals surface area contributed by atoms with E-state index in [2.05, 4.69) is 25.9 Å². The molecule has 3 rings (SSSR count). The minimum absolute atomic E-state index is 0.00965. The molecule has 118 valence electrons. The number of anilines is 2. The number of thiazole rings is 1. The number of hydrogen-bond donors (Lipinski definition) is 2. The van der Waals surface area contributed by atoms with Gasteiger partial charge >= 0.3 is 0 Å². The fourth-order valence-electron chi connectivity index (χ4n) is 1.94. The van der Waals surface area contributed by atoms with E-state index in [1.54, 1.807) is 18.5 Å². The Labute approximate surface area is 135 Å². The molecule has 0 aliphatic rings. The molecule has 0 radical (unpaired) electrons. The van der Waals surface area contributed by atoms with Crippen molar-refractivity contribution >= 4 is 44.9 Å². The molecule has 0 saturated carbocycles. The van der Waals surface area contributed by atoms with Gasteiger partial charge in [0.15, 0.2) is 5.82 Å². The molecule has 0 atom stereocenters. The number of nitrogens with one attached hydrogen (secondary N) is 2. The van der Waals surface area contributed by atoms with E-state index in [1.165, 1.54) is 22.2 Å². The molecule has 0 bridgehead atoms. The summed E-state index contributed by atoms with van der Waals surface area (Å²) in [4.78, 5) is 27.5. The van der Waals surface area contributed by atoms with Crippen LogP contribution >= 0.6 is 11.3 Å². The number of carbonyl (C=O) groups excluding carboxylic acids is 2. The first-order chi connectivity index (χ1) is 11.1. The van der Waals surface area contributed by atoms with Crippen LogP contribution in [0.1, 0.15) is 13.3 Å². The predicted molar refractivity (Wildman–Crippen MR) is 87.2 cm³/mol. The standard InChI is InChI=1S/C14H14N6O2S/c1-2-13(21)17-12-6-20(19-18-12)7-14(22)16-9-3-4-10-11(5-9)23-8-15-10/h3-6,8H,2,7H2,1H3,(H,16,22)(H,17,21). The lowest BCUT2D eigenvalue weighted by Crippen LogP contribution is -2.19. The van der Waals surface area contributed by atoms with Crippen molar-refractivity contribution in [2.24, 2.45) is 0 Å². The maximum atomic E-state index is 12.0. The van der Waals surface area contributed by atoms with E-state index in [4.69, 9.17) is 0 Å². The van der Waals surface area contributed by atoms with E-state index < -0.39 is 0 Å². The van der Waals surface area contributed by atoms with Gasteiger partial charge < -0.3 is 10.6 Å². The molecule has 0 spiro atoms. The van der Waals surface area contributed by atoms with E-state index in [9.17, 15) is 9.59 Å². The van der Waals surface area contributed by atoms with Crippen molar-refractivity contribution in [1.29, 1.82) is 0 Å². The number of carbonyl (C=O) groups is 2. The van der Waals surface area contributed by atoms with E-state index in [0.29, 0.717) is 17.9 Å². The molecule has 0 saturated heterocycles. The van der Waals surface area contributed by atoms with Gasteiger partial charge in [0.05, 0.1) is 21.9 Å². The molecule has 0 fully saturated rings. The number of amides is 2. The first kappa shape index (κ1) is 15.1. The Bertz CT molecular complexity index is 856. The molecular formula is C14H14N6O2S. The molecule has 9 heteroatoms. The number of rotatable bonds is 5. The largest absolute Gasteiger partial charge is 0.324 e. The second-order valence-corrected chi connectivity index (χ2v) is 5.67. The zero-order valence-electron chi connectivity index (χ0n) is 12.3. The summed E-state index contributed by atoms with van der Waals surface area (Å²) in [5.74, 6) is -0.0535. The third-order valence-corrected chi connectivity index (χ3v) is 3.84. The molecule has 0 aliphatic heterocycles.